The number of hydrogen-bond donors (Lipinski definition) is 0. The van der Waals surface area contributed by atoms with Crippen LogP contribution in [-0.2, 0) is 9.63 Å². The van der Waals surface area contributed by atoms with Crippen molar-refractivity contribution in [2.45, 2.75) is 25.7 Å². The number of carbonyl (C=O) groups excluding carboxylic acids is 1. The first-order valence-corrected chi connectivity index (χ1v) is 7.89. The summed E-state index contributed by atoms with van der Waals surface area (Å²) in [6.07, 6.45) is 6.09. The second kappa shape index (κ2) is 9.02. The van der Waals surface area contributed by atoms with Gasteiger partial charge in [-0.15, -0.1) is 0 Å². The zero-order valence-electron chi connectivity index (χ0n) is 13.8. The van der Waals surface area contributed by atoms with Crippen molar-refractivity contribution in [3.05, 3.63) is 23.8 Å². The molecule has 0 atom stereocenters. The normalized spacial score (nSPS) is 15.3. The highest BCUT2D eigenvalue weighted by Gasteiger charge is 2.15. The number of ether oxygens (including phenoxy) is 2. The second-order valence-electron chi connectivity index (χ2n) is 5.42. The molecule has 0 saturated carbocycles. The third kappa shape index (κ3) is 5.16. The lowest BCUT2D eigenvalue weighted by atomic mass is 10.2. The van der Waals surface area contributed by atoms with Gasteiger partial charge in [-0.05, 0) is 31.0 Å². The third-order valence-electron chi connectivity index (χ3n) is 3.83. The number of hydrogen-bond acceptors (Lipinski definition) is 5. The minimum Gasteiger partial charge on any atom is -0.493 e. The first-order chi connectivity index (χ1) is 11.2. The molecule has 1 aliphatic heterocycles. The molecule has 0 aromatic heterocycles. The van der Waals surface area contributed by atoms with Crippen LogP contribution in [-0.4, -0.2) is 50.9 Å². The lowest BCUT2D eigenvalue weighted by molar-refractivity contribution is -0.136. The predicted molar refractivity (Wildman–Crippen MR) is 88.1 cm³/mol. The summed E-state index contributed by atoms with van der Waals surface area (Å²) in [6.45, 7) is 1.62. The molecule has 2 rings (SSSR count). The van der Waals surface area contributed by atoms with Crippen molar-refractivity contribution in [3.63, 3.8) is 0 Å². The van der Waals surface area contributed by atoms with Gasteiger partial charge < -0.3 is 19.2 Å². The molecule has 23 heavy (non-hydrogen) atoms. The zero-order chi connectivity index (χ0) is 16.5. The fourth-order valence-corrected chi connectivity index (χ4v) is 2.54. The number of oxime groups is 1. The zero-order valence-corrected chi connectivity index (χ0v) is 13.8. The summed E-state index contributed by atoms with van der Waals surface area (Å²) in [7, 11) is 3.16. The van der Waals surface area contributed by atoms with E-state index in [2.05, 4.69) is 5.16 Å². The first-order valence-electron chi connectivity index (χ1n) is 7.89. The smallest absolute Gasteiger partial charge is 0.263 e. The van der Waals surface area contributed by atoms with Gasteiger partial charge in [0, 0.05) is 18.7 Å². The van der Waals surface area contributed by atoms with Crippen molar-refractivity contribution in [1.82, 2.24) is 4.90 Å². The van der Waals surface area contributed by atoms with E-state index in [9.17, 15) is 4.79 Å². The van der Waals surface area contributed by atoms with Gasteiger partial charge >= 0.3 is 0 Å². The number of methoxy groups -OCH3 is 2. The molecule has 1 saturated heterocycles. The third-order valence-corrected chi connectivity index (χ3v) is 3.83. The number of likely N-dealkylation sites (tertiary alicyclic amines) is 1. The highest BCUT2D eigenvalue weighted by Crippen LogP contribution is 2.26. The maximum Gasteiger partial charge on any atom is 0.263 e. The number of nitrogens with zero attached hydrogens (tertiary/aromatic N) is 2. The van der Waals surface area contributed by atoms with Crippen LogP contribution in [0.2, 0.25) is 0 Å². The molecular weight excluding hydrogens is 296 g/mol. The van der Waals surface area contributed by atoms with Crippen LogP contribution in [0.3, 0.4) is 0 Å². The van der Waals surface area contributed by atoms with Crippen LogP contribution in [0.15, 0.2) is 23.4 Å². The average Bonchev–Trinajstić information content (AvgIpc) is 2.87. The lowest BCUT2D eigenvalue weighted by Gasteiger charge is -2.19. The van der Waals surface area contributed by atoms with Gasteiger partial charge in [0.1, 0.15) is 0 Å². The SMILES string of the molecule is COc1ccc(/C=N\OCC(=O)N2CCCCCC2)cc1OC. The molecule has 0 radical (unpaired) electrons. The van der Waals surface area contributed by atoms with E-state index in [0.717, 1.165) is 31.5 Å². The van der Waals surface area contributed by atoms with Crippen LogP contribution in [0, 0.1) is 0 Å². The van der Waals surface area contributed by atoms with E-state index in [1.807, 2.05) is 11.0 Å². The molecule has 0 aliphatic carbocycles. The van der Waals surface area contributed by atoms with Gasteiger partial charge in [0.05, 0.1) is 20.4 Å². The molecule has 126 valence electrons. The Balaban J connectivity index is 1.83. The largest absolute Gasteiger partial charge is 0.493 e. The molecule has 1 aromatic rings. The molecule has 6 nitrogen and oxygen atoms in total. The molecule has 1 aromatic carbocycles. The molecular formula is C17H24N2O4. The molecule has 0 bridgehead atoms. The molecule has 0 unspecified atom stereocenters. The van der Waals surface area contributed by atoms with E-state index in [-0.39, 0.29) is 12.5 Å². The minimum absolute atomic E-state index is 0.00337. The van der Waals surface area contributed by atoms with Crippen molar-refractivity contribution in [1.29, 1.82) is 0 Å². The predicted octanol–water partition coefficient (Wildman–Crippen LogP) is 2.46. The highest BCUT2D eigenvalue weighted by atomic mass is 16.6. The van der Waals surface area contributed by atoms with Crippen LogP contribution in [0.25, 0.3) is 0 Å². The Morgan fingerprint density at radius 2 is 1.83 bits per heavy atom. The van der Waals surface area contributed by atoms with E-state index in [1.165, 1.54) is 12.8 Å². The van der Waals surface area contributed by atoms with Gasteiger partial charge in [-0.3, -0.25) is 4.79 Å². The maximum atomic E-state index is 12.0. The molecule has 1 heterocycles. The summed E-state index contributed by atoms with van der Waals surface area (Å²) < 4.78 is 10.4. The number of carbonyl (C=O) groups is 1. The summed E-state index contributed by atoms with van der Waals surface area (Å²) in [5, 5.41) is 3.86. The fraction of sp³-hybridized carbons (Fsp3) is 0.529. The topological polar surface area (TPSA) is 60.4 Å². The van der Waals surface area contributed by atoms with E-state index in [4.69, 9.17) is 14.3 Å². The average molecular weight is 320 g/mol. The lowest BCUT2D eigenvalue weighted by Crippen LogP contribution is -2.34. The van der Waals surface area contributed by atoms with Crippen LogP contribution in [0.4, 0.5) is 0 Å². The van der Waals surface area contributed by atoms with Gasteiger partial charge in [-0.2, -0.15) is 0 Å². The summed E-state index contributed by atoms with van der Waals surface area (Å²) in [6, 6.07) is 5.43. The van der Waals surface area contributed by atoms with Gasteiger partial charge in [0.15, 0.2) is 18.1 Å². The molecule has 6 heteroatoms. The summed E-state index contributed by atoms with van der Waals surface area (Å²) in [4.78, 5) is 19.0. The van der Waals surface area contributed by atoms with E-state index in [0.29, 0.717) is 11.5 Å². The number of benzene rings is 1. The van der Waals surface area contributed by atoms with Crippen molar-refractivity contribution in [2.24, 2.45) is 5.16 Å². The first kappa shape index (κ1) is 17.1. The molecule has 1 aliphatic rings. The Bertz CT molecular complexity index is 537. The summed E-state index contributed by atoms with van der Waals surface area (Å²) in [5.41, 5.74) is 0.810. The van der Waals surface area contributed by atoms with Crippen LogP contribution < -0.4 is 9.47 Å². The van der Waals surface area contributed by atoms with Crippen molar-refractivity contribution >= 4 is 12.1 Å². The Labute approximate surface area is 137 Å². The van der Waals surface area contributed by atoms with Crippen molar-refractivity contribution in [2.75, 3.05) is 33.9 Å². The van der Waals surface area contributed by atoms with E-state index in [1.54, 1.807) is 32.6 Å². The second-order valence-corrected chi connectivity index (χ2v) is 5.42. The van der Waals surface area contributed by atoms with Crippen LogP contribution in [0.5, 0.6) is 11.5 Å². The number of rotatable bonds is 6. The molecule has 1 fully saturated rings. The van der Waals surface area contributed by atoms with Gasteiger partial charge in [0.2, 0.25) is 0 Å². The quantitative estimate of drug-likeness (QED) is 0.597. The van der Waals surface area contributed by atoms with Crippen molar-refractivity contribution < 1.29 is 19.1 Å². The Morgan fingerprint density at radius 1 is 1.13 bits per heavy atom. The maximum absolute atomic E-state index is 12.0. The number of amides is 1. The minimum atomic E-state index is -0.0240. The Hall–Kier alpha value is -2.24. The van der Waals surface area contributed by atoms with Gasteiger partial charge in [0.25, 0.3) is 5.91 Å². The van der Waals surface area contributed by atoms with Gasteiger partial charge in [-0.1, -0.05) is 18.0 Å². The molecule has 0 spiro atoms. The summed E-state index contributed by atoms with van der Waals surface area (Å²) >= 11 is 0. The summed E-state index contributed by atoms with van der Waals surface area (Å²) in [5.74, 6) is 1.27. The van der Waals surface area contributed by atoms with Crippen LogP contribution in [0.1, 0.15) is 31.2 Å². The standard InChI is InChI=1S/C17H24N2O4/c1-21-15-8-7-14(11-16(15)22-2)12-18-23-13-17(20)19-9-5-3-4-6-10-19/h7-8,11-12H,3-6,9-10,13H2,1-2H3/b18-12-. The Morgan fingerprint density at radius 3 is 2.48 bits per heavy atom. The molecule has 1 amide bonds. The monoisotopic (exact) mass is 320 g/mol. The van der Waals surface area contributed by atoms with Gasteiger partial charge in [-0.25, -0.2) is 0 Å². The van der Waals surface area contributed by atoms with E-state index < -0.39 is 0 Å². The highest BCUT2D eigenvalue weighted by molar-refractivity contribution is 5.81. The van der Waals surface area contributed by atoms with E-state index >= 15 is 0 Å². The van der Waals surface area contributed by atoms with Crippen LogP contribution >= 0.6 is 0 Å². The molecule has 0 N–H and O–H groups in total. The fourth-order valence-electron chi connectivity index (χ4n) is 2.54. The van der Waals surface area contributed by atoms with Crippen molar-refractivity contribution in [3.8, 4) is 11.5 Å². The Kier molecular flexibility index (Phi) is 6.72.